The lowest BCUT2D eigenvalue weighted by Gasteiger charge is -2.35. The number of carbonyl (C=O) groups is 16. The van der Waals surface area contributed by atoms with Crippen molar-refractivity contribution in [1.82, 2.24) is 69.1 Å². The van der Waals surface area contributed by atoms with Gasteiger partial charge in [-0.05, 0) is 127 Å². The van der Waals surface area contributed by atoms with Crippen molar-refractivity contribution in [3.8, 4) is 0 Å². The summed E-state index contributed by atoms with van der Waals surface area (Å²) < 4.78 is 0. The molecule has 34 nitrogen and oxygen atoms in total. The molecule has 1 aliphatic heterocycles. The molecular formula is C72H117N15O19. The van der Waals surface area contributed by atoms with Crippen LogP contribution in [0, 0.1) is 23.7 Å². The zero-order chi connectivity index (χ0) is 80.2. The van der Waals surface area contributed by atoms with Crippen molar-refractivity contribution in [2.24, 2.45) is 35.1 Å². The van der Waals surface area contributed by atoms with Crippen LogP contribution in [0.5, 0.6) is 0 Å². The van der Waals surface area contributed by atoms with Gasteiger partial charge in [-0.15, -0.1) is 0 Å². The van der Waals surface area contributed by atoms with Gasteiger partial charge in [0, 0.05) is 19.8 Å². The summed E-state index contributed by atoms with van der Waals surface area (Å²) in [4.78, 5) is 219. The van der Waals surface area contributed by atoms with Gasteiger partial charge in [0.05, 0.1) is 19.6 Å². The normalized spacial score (nSPS) is 21.6. The van der Waals surface area contributed by atoms with Crippen LogP contribution in [0.4, 0.5) is 0 Å². The summed E-state index contributed by atoms with van der Waals surface area (Å²) in [5, 5.41) is 63.3. The number of carboxylic acid groups (broad SMARTS) is 2. The number of unbranched alkanes of at least 4 members (excludes halogenated alkanes) is 1. The Kier molecular flexibility index (Phi) is 40.5. The Balaban J connectivity index is 2.65. The van der Waals surface area contributed by atoms with Crippen LogP contribution in [-0.2, 0) is 83.1 Å². The monoisotopic (exact) mass is 1500 g/mol. The van der Waals surface area contributed by atoms with Crippen LogP contribution in [0.25, 0.3) is 0 Å². The van der Waals surface area contributed by atoms with Gasteiger partial charge < -0.3 is 95.9 Å². The first-order chi connectivity index (χ1) is 49.8. The number of hydrogen-bond donors (Lipinski definition) is 18. The van der Waals surface area contributed by atoms with Crippen LogP contribution in [0.2, 0.25) is 0 Å². The Morgan fingerprint density at radius 2 is 1.16 bits per heavy atom. The molecule has 0 unspecified atom stereocenters. The predicted molar refractivity (Wildman–Crippen MR) is 390 cm³/mol. The molecule has 1 heterocycles. The van der Waals surface area contributed by atoms with E-state index in [1.54, 1.807) is 97.9 Å². The van der Waals surface area contributed by atoms with Gasteiger partial charge in [-0.2, -0.15) is 0 Å². The molecule has 1 aromatic rings. The van der Waals surface area contributed by atoms with Gasteiger partial charge in [-0.3, -0.25) is 76.7 Å². The van der Waals surface area contributed by atoms with E-state index in [1.807, 2.05) is 0 Å². The Morgan fingerprint density at radius 3 is 1.71 bits per heavy atom. The highest BCUT2D eigenvalue weighted by Gasteiger charge is 2.44. The highest BCUT2D eigenvalue weighted by atomic mass is 16.4. The molecule has 0 saturated heterocycles. The van der Waals surface area contributed by atoms with Crippen LogP contribution in [0.15, 0.2) is 42.5 Å². The van der Waals surface area contributed by atoms with Gasteiger partial charge in [-0.25, -0.2) is 0 Å². The van der Waals surface area contributed by atoms with E-state index < -0.39 is 216 Å². The number of carbonyl (C=O) groups excluding carboxylic acids is 14. The number of rotatable bonds is 38. The minimum Gasteiger partial charge on any atom is -0.481 e. The third-order valence-electron chi connectivity index (χ3n) is 18.7. The highest BCUT2D eigenvalue weighted by Crippen LogP contribution is 2.23. The summed E-state index contributed by atoms with van der Waals surface area (Å²) >= 11 is 0. The second kappa shape index (κ2) is 46.4. The van der Waals surface area contributed by atoms with Gasteiger partial charge in [0.1, 0.15) is 71.5 Å². The average Bonchev–Trinajstić information content (AvgIpc) is 0.826. The number of carboxylic acids is 2. The summed E-state index contributed by atoms with van der Waals surface area (Å²) in [5.74, 6) is -17.6. The average molecular weight is 1500 g/mol. The van der Waals surface area contributed by atoms with Gasteiger partial charge >= 0.3 is 11.9 Å². The molecule has 106 heavy (non-hydrogen) atoms. The zero-order valence-corrected chi connectivity index (χ0v) is 63.3. The number of nitrogens with two attached hydrogens (primary N) is 2. The smallest absolute Gasteiger partial charge is 0.305 e. The lowest BCUT2D eigenvalue weighted by Crippen LogP contribution is -2.66. The molecule has 0 fully saturated rings. The second-order valence-electron chi connectivity index (χ2n) is 28.2. The molecule has 0 saturated carbocycles. The number of benzene rings is 1. The minimum atomic E-state index is -1.88. The van der Waals surface area contributed by atoms with E-state index >= 15 is 4.79 Å². The first kappa shape index (κ1) is 92.5. The Hall–Kier alpha value is -9.60. The maximum absolute atomic E-state index is 15.2. The Bertz CT molecular complexity index is 3210. The highest BCUT2D eigenvalue weighted by molar-refractivity contribution is 6.02. The summed E-state index contributed by atoms with van der Waals surface area (Å²) in [6.45, 7) is 17.7. The van der Waals surface area contributed by atoms with Crippen molar-refractivity contribution in [1.29, 1.82) is 0 Å². The molecule has 15 atom stereocenters. The molecule has 34 heteroatoms. The molecule has 1 aromatic carbocycles. The van der Waals surface area contributed by atoms with Crippen LogP contribution >= 0.6 is 0 Å². The molecule has 0 aromatic heterocycles. The van der Waals surface area contributed by atoms with Crippen molar-refractivity contribution in [2.75, 3.05) is 19.7 Å². The molecule has 594 valence electrons. The van der Waals surface area contributed by atoms with Gasteiger partial charge in [0.25, 0.3) is 0 Å². The quantitative estimate of drug-likeness (QED) is 0.0280. The fraction of sp³-hybridized carbons (Fsp3) is 0.667. The number of primary amides is 1. The van der Waals surface area contributed by atoms with Gasteiger partial charge in [0.2, 0.25) is 82.7 Å². The number of allylic oxidation sites excluding steroid dienone is 2. The molecule has 0 bridgehead atoms. The Labute approximate surface area is 620 Å². The van der Waals surface area contributed by atoms with Crippen molar-refractivity contribution in [3.05, 3.63) is 48.0 Å². The number of nitrogens with one attached hydrogen (secondary N) is 13. The molecule has 1 aliphatic rings. The Morgan fingerprint density at radius 1 is 0.604 bits per heavy atom. The van der Waals surface area contributed by atoms with E-state index in [9.17, 15) is 87.2 Å². The summed E-state index contributed by atoms with van der Waals surface area (Å²) in [6, 6.07) is -6.42. The van der Waals surface area contributed by atoms with E-state index in [1.165, 1.54) is 27.7 Å². The minimum absolute atomic E-state index is 0.0397. The predicted octanol–water partition coefficient (Wildman–Crippen LogP) is -0.976. The third-order valence-corrected chi connectivity index (χ3v) is 18.7. The van der Waals surface area contributed by atoms with Gasteiger partial charge in [-0.1, -0.05) is 117 Å². The first-order valence-electron chi connectivity index (χ1n) is 36.5. The molecule has 0 radical (unpaired) electrons. The maximum atomic E-state index is 15.2. The summed E-state index contributed by atoms with van der Waals surface area (Å²) in [6.07, 6.45) is 3.58. The summed E-state index contributed by atoms with van der Waals surface area (Å²) in [5.41, 5.74) is 8.31. The SMILES string of the molecule is CC[C@H](C)[C@H](NC(=O)[C@H](CCCCN)NC(=O)[C@]1(C)CCC/C=C\CCC[C@](C)(NC(=O)[C@H](CC(C)C)NC(=O)CNC(C)=O)C(=O)N[C@@H](CC(=O)O)C(=O)N[C@@H]([C@@H](C)CC)C(=O)N[C@@H]([C@@H](C)CC)C(=O)N1)C(=O)N[C@@H](C)C(=O)N[C@@H](CCC(=O)O)C(=O)N[C@@H](CO)C(=O)N[C@@H](Cc1ccccc1)C(N)=O. The van der Waals surface area contributed by atoms with Crippen LogP contribution in [-0.4, -0.2) is 201 Å². The fourth-order valence-corrected chi connectivity index (χ4v) is 11.4. The summed E-state index contributed by atoms with van der Waals surface area (Å²) in [7, 11) is 0. The molecule has 20 N–H and O–H groups in total. The van der Waals surface area contributed by atoms with Crippen LogP contribution in [0.3, 0.4) is 0 Å². The zero-order valence-electron chi connectivity index (χ0n) is 63.3. The fourth-order valence-electron chi connectivity index (χ4n) is 11.4. The van der Waals surface area contributed by atoms with E-state index in [0.717, 1.165) is 0 Å². The maximum Gasteiger partial charge on any atom is 0.305 e. The third kappa shape index (κ3) is 32.0. The first-order valence-corrected chi connectivity index (χ1v) is 36.5. The topological polar surface area (TPSA) is 542 Å². The largest absolute Gasteiger partial charge is 0.481 e. The lowest BCUT2D eigenvalue weighted by molar-refractivity contribution is -0.143. The number of hydrogen-bond acceptors (Lipinski definition) is 18. The van der Waals surface area contributed by atoms with Crippen LogP contribution < -0.4 is 80.6 Å². The van der Waals surface area contributed by atoms with Crippen molar-refractivity contribution in [2.45, 2.75) is 264 Å². The van der Waals surface area contributed by atoms with Crippen molar-refractivity contribution < 1.29 is 92.0 Å². The lowest BCUT2D eigenvalue weighted by atomic mass is 9.90. The molecule has 0 aliphatic carbocycles. The molecular weight excluding hydrogens is 1380 g/mol. The standard InChI is InChI=1S/C72H117N15O19/c1-13-41(6)56(66(102)76-44(9)60(96)78-48(30-31-54(91)92)61(97)80-52(39-88)64(100)79-49(59(74)95)36-46-27-21-20-22-28-46)83-62(98)47(29-23-26-34-73)81-69(105)72(12)33-25-19-17-16-18-24-32-71(11,86-65(101)50(35-40(4)5)77-53(90)38-75-45(10)89)70(106)82-51(37-55(93)94)63(99)84-57(42(7)14-2)67(103)85-58(43(8)15-3)68(104)87-72/h16-17,20-22,27-28,40-44,47-52,56-58,88H,13-15,18-19,23-26,29-39,73H2,1-12H3,(H2,74,95)(H,75,89)(H,76,102)(H,77,90)(H,78,96)(H,79,100)(H,80,97)(H,81,105)(H,82,106)(H,83,98)(H,84,99)(H,85,103)(H,86,101)(H,87,104)(H,91,92)(H,93,94)/b17-16-/t41-,42-,43-,44-,47-,48-,49-,50-,51-,52-,56-,57-,58-,71-,72-/m0/s1. The van der Waals surface area contributed by atoms with E-state index in [4.69, 9.17) is 11.5 Å². The van der Waals surface area contributed by atoms with E-state index in [2.05, 4.69) is 69.1 Å². The van der Waals surface area contributed by atoms with Crippen molar-refractivity contribution >= 4 is 94.6 Å². The second-order valence-corrected chi connectivity index (χ2v) is 28.2. The molecule has 0 spiro atoms. The van der Waals surface area contributed by atoms with Crippen LogP contribution in [0.1, 0.15) is 191 Å². The van der Waals surface area contributed by atoms with Crippen molar-refractivity contribution in [3.63, 3.8) is 0 Å². The number of aliphatic hydroxyl groups excluding tert-OH is 1. The number of aliphatic carboxylic acids is 2. The molecule has 2 rings (SSSR count). The van der Waals surface area contributed by atoms with E-state index in [-0.39, 0.29) is 95.9 Å². The van der Waals surface area contributed by atoms with Gasteiger partial charge in [0.15, 0.2) is 0 Å². The van der Waals surface area contributed by atoms with E-state index in [0.29, 0.717) is 12.0 Å². The number of aliphatic hydroxyl groups is 1. The number of amides is 14. The molecule has 14 amide bonds.